The fourth-order valence-corrected chi connectivity index (χ4v) is 1.24. The first-order valence-electron chi connectivity index (χ1n) is 5.01. The third-order valence-corrected chi connectivity index (χ3v) is 1.85. The molecule has 0 aliphatic carbocycles. The Morgan fingerprint density at radius 3 is 2.71 bits per heavy atom. The highest BCUT2D eigenvalue weighted by Crippen LogP contribution is 2.30. The molecule has 0 atom stereocenters. The lowest BCUT2D eigenvalue weighted by Gasteiger charge is -2.11. The second-order valence-electron chi connectivity index (χ2n) is 3.01. The molecular formula is C12H12F2O3. The first kappa shape index (κ1) is 13.2. The van der Waals surface area contributed by atoms with Gasteiger partial charge in [-0.1, -0.05) is 12.1 Å². The Balaban J connectivity index is 2.98. The van der Waals surface area contributed by atoms with Gasteiger partial charge in [0, 0.05) is 0 Å². The van der Waals surface area contributed by atoms with Crippen LogP contribution in [0.1, 0.15) is 12.5 Å². The number of carbonyl (C=O) groups is 1. The molecule has 5 heteroatoms. The number of carbonyl (C=O) groups excluding carboxylic acids is 1. The summed E-state index contributed by atoms with van der Waals surface area (Å²) in [6.45, 7) is -0.828. The molecule has 0 fully saturated rings. The van der Waals surface area contributed by atoms with Crippen LogP contribution in [0, 0.1) is 0 Å². The zero-order valence-corrected chi connectivity index (χ0v) is 9.23. The molecule has 0 N–H and O–H groups in total. The minimum Gasteiger partial charge on any atom is -0.490 e. The molecule has 1 rings (SSSR count). The van der Waals surface area contributed by atoms with Crippen LogP contribution in [0.25, 0.3) is 6.08 Å². The number of rotatable bonds is 6. The summed E-state index contributed by atoms with van der Waals surface area (Å²) < 4.78 is 33.7. The second kappa shape index (κ2) is 6.62. The third-order valence-electron chi connectivity index (χ3n) is 1.85. The molecule has 0 saturated heterocycles. The number of hydrogen-bond donors (Lipinski definition) is 0. The summed E-state index contributed by atoms with van der Waals surface area (Å²) in [7, 11) is 0. The van der Waals surface area contributed by atoms with Gasteiger partial charge in [0.25, 0.3) is 0 Å². The van der Waals surface area contributed by atoms with E-state index in [0.717, 1.165) is 0 Å². The highest BCUT2D eigenvalue weighted by Gasteiger charge is 2.10. The molecule has 0 spiro atoms. The summed E-state index contributed by atoms with van der Waals surface area (Å²) in [6, 6.07) is 4.46. The largest absolute Gasteiger partial charge is 0.490 e. The molecule has 0 radical (unpaired) electrons. The van der Waals surface area contributed by atoms with Crippen LogP contribution in [0.4, 0.5) is 8.78 Å². The van der Waals surface area contributed by atoms with Crippen molar-refractivity contribution in [1.29, 1.82) is 0 Å². The number of hydrogen-bond acceptors (Lipinski definition) is 3. The number of halogens is 2. The van der Waals surface area contributed by atoms with E-state index in [4.69, 9.17) is 4.74 Å². The van der Waals surface area contributed by atoms with Gasteiger partial charge in [0.2, 0.25) is 0 Å². The molecule has 0 unspecified atom stereocenters. The molecule has 1 aromatic rings. The Kier molecular flexibility index (Phi) is 5.13. The van der Waals surface area contributed by atoms with E-state index in [1.54, 1.807) is 19.1 Å². The molecule has 1 aromatic carbocycles. The van der Waals surface area contributed by atoms with Crippen molar-refractivity contribution in [3.63, 3.8) is 0 Å². The summed E-state index contributed by atoms with van der Waals surface area (Å²) >= 11 is 0. The fourth-order valence-electron chi connectivity index (χ4n) is 1.24. The average molecular weight is 242 g/mol. The molecule has 0 amide bonds. The summed E-state index contributed by atoms with van der Waals surface area (Å²) in [5.74, 6) is 0.200. The molecule has 0 aromatic heterocycles. The zero-order chi connectivity index (χ0) is 12.7. The van der Waals surface area contributed by atoms with Gasteiger partial charge in [0.05, 0.1) is 6.61 Å². The van der Waals surface area contributed by atoms with Crippen molar-refractivity contribution in [3.05, 3.63) is 29.8 Å². The van der Waals surface area contributed by atoms with Crippen molar-refractivity contribution in [3.8, 4) is 11.5 Å². The van der Waals surface area contributed by atoms with Gasteiger partial charge in [-0.15, -0.1) is 0 Å². The third kappa shape index (κ3) is 4.22. The number of aldehydes is 1. The first-order valence-corrected chi connectivity index (χ1v) is 5.01. The van der Waals surface area contributed by atoms with Gasteiger partial charge in [-0.25, -0.2) is 0 Å². The zero-order valence-electron chi connectivity index (χ0n) is 9.23. The highest BCUT2D eigenvalue weighted by atomic mass is 19.3. The molecule has 0 heterocycles. The Morgan fingerprint density at radius 2 is 2.12 bits per heavy atom. The van der Waals surface area contributed by atoms with Crippen LogP contribution in [0.5, 0.6) is 11.5 Å². The van der Waals surface area contributed by atoms with E-state index in [-0.39, 0.29) is 11.5 Å². The van der Waals surface area contributed by atoms with Gasteiger partial charge in [-0.2, -0.15) is 8.78 Å². The number of alkyl halides is 2. The average Bonchev–Trinajstić information content (AvgIpc) is 2.29. The van der Waals surface area contributed by atoms with Gasteiger partial charge in [-0.3, -0.25) is 4.79 Å². The second-order valence-corrected chi connectivity index (χ2v) is 3.01. The Morgan fingerprint density at radius 1 is 1.35 bits per heavy atom. The topological polar surface area (TPSA) is 35.5 Å². The predicted octanol–water partition coefficient (Wildman–Crippen LogP) is 2.90. The lowest BCUT2D eigenvalue weighted by Crippen LogP contribution is -2.04. The maximum atomic E-state index is 12.1. The van der Waals surface area contributed by atoms with Crippen molar-refractivity contribution in [2.24, 2.45) is 0 Å². The SMILES string of the molecule is CCOc1cc(C=CC=O)ccc1OC(F)F. The van der Waals surface area contributed by atoms with Gasteiger partial charge in [0.15, 0.2) is 11.5 Å². The molecule has 0 saturated carbocycles. The van der Waals surface area contributed by atoms with E-state index in [2.05, 4.69) is 4.74 Å². The minimum absolute atomic E-state index is 0.0231. The summed E-state index contributed by atoms with van der Waals surface area (Å²) in [4.78, 5) is 10.2. The number of ether oxygens (including phenoxy) is 2. The Bertz CT molecular complexity index is 403. The summed E-state index contributed by atoms with van der Waals surface area (Å²) in [6.07, 6.45) is 3.48. The van der Waals surface area contributed by atoms with Crippen LogP contribution in [0.3, 0.4) is 0 Å². The van der Waals surface area contributed by atoms with Crippen molar-refractivity contribution < 1.29 is 23.0 Å². The molecule has 17 heavy (non-hydrogen) atoms. The maximum absolute atomic E-state index is 12.1. The van der Waals surface area contributed by atoms with Crippen molar-refractivity contribution >= 4 is 12.4 Å². The maximum Gasteiger partial charge on any atom is 0.387 e. The number of benzene rings is 1. The highest BCUT2D eigenvalue weighted by molar-refractivity contribution is 5.74. The lowest BCUT2D eigenvalue weighted by atomic mass is 10.2. The first-order chi connectivity index (χ1) is 8.17. The van der Waals surface area contributed by atoms with Crippen molar-refractivity contribution in [2.75, 3.05) is 6.61 Å². The summed E-state index contributed by atoms with van der Waals surface area (Å²) in [5, 5.41) is 0. The molecule has 3 nitrogen and oxygen atoms in total. The van der Waals surface area contributed by atoms with E-state index in [1.807, 2.05) is 0 Å². The monoisotopic (exact) mass is 242 g/mol. The van der Waals surface area contributed by atoms with Crippen LogP contribution in [-0.4, -0.2) is 19.5 Å². The normalized spacial score (nSPS) is 10.8. The predicted molar refractivity (Wildman–Crippen MR) is 59.3 cm³/mol. The van der Waals surface area contributed by atoms with Crippen LogP contribution >= 0.6 is 0 Å². The van der Waals surface area contributed by atoms with Gasteiger partial charge < -0.3 is 9.47 Å². The lowest BCUT2D eigenvalue weighted by molar-refractivity contribution is -0.104. The fraction of sp³-hybridized carbons (Fsp3) is 0.250. The van der Waals surface area contributed by atoms with E-state index >= 15 is 0 Å². The number of allylic oxidation sites excluding steroid dienone is 1. The molecule has 0 aliphatic heterocycles. The molecular weight excluding hydrogens is 230 g/mol. The van der Waals surface area contributed by atoms with E-state index < -0.39 is 6.61 Å². The van der Waals surface area contributed by atoms with E-state index in [0.29, 0.717) is 18.5 Å². The molecule has 92 valence electrons. The minimum atomic E-state index is -2.90. The van der Waals surface area contributed by atoms with E-state index in [9.17, 15) is 13.6 Å². The van der Waals surface area contributed by atoms with E-state index in [1.165, 1.54) is 18.2 Å². The Hall–Kier alpha value is -1.91. The quantitative estimate of drug-likeness (QED) is 0.568. The van der Waals surface area contributed by atoms with Gasteiger partial charge in [-0.05, 0) is 30.7 Å². The smallest absolute Gasteiger partial charge is 0.387 e. The van der Waals surface area contributed by atoms with Crippen molar-refractivity contribution in [1.82, 2.24) is 0 Å². The Labute approximate surface area is 97.7 Å². The van der Waals surface area contributed by atoms with Crippen LogP contribution in [0.15, 0.2) is 24.3 Å². The molecule has 0 aliphatic rings. The standard InChI is InChI=1S/C12H12F2O3/c1-2-16-11-8-9(4-3-7-15)5-6-10(11)17-12(13)14/h3-8,12H,2H2,1H3. The van der Waals surface area contributed by atoms with Crippen molar-refractivity contribution in [2.45, 2.75) is 13.5 Å². The molecule has 0 bridgehead atoms. The van der Waals surface area contributed by atoms with Crippen LogP contribution in [0.2, 0.25) is 0 Å². The van der Waals surface area contributed by atoms with Crippen LogP contribution < -0.4 is 9.47 Å². The van der Waals surface area contributed by atoms with Gasteiger partial charge >= 0.3 is 6.61 Å². The van der Waals surface area contributed by atoms with Crippen LogP contribution in [-0.2, 0) is 4.79 Å². The van der Waals surface area contributed by atoms with Gasteiger partial charge in [0.1, 0.15) is 6.29 Å². The summed E-state index contributed by atoms with van der Waals surface area (Å²) in [5.41, 5.74) is 0.669.